The average molecular weight is 295 g/mol. The molecule has 3 rings (SSSR count). The minimum Gasteiger partial charge on any atom is -0.310 e. The highest BCUT2D eigenvalue weighted by atomic mass is 35.5. The Labute approximate surface area is 125 Å². The summed E-state index contributed by atoms with van der Waals surface area (Å²) < 4.78 is 4.41. The van der Waals surface area contributed by atoms with Crippen LogP contribution in [0.5, 0.6) is 0 Å². The van der Waals surface area contributed by atoms with Crippen molar-refractivity contribution in [1.82, 2.24) is 19.3 Å². The predicted molar refractivity (Wildman–Crippen MR) is 82.4 cm³/mol. The van der Waals surface area contributed by atoms with E-state index in [1.165, 1.54) is 18.5 Å². The molecule has 0 saturated heterocycles. The van der Waals surface area contributed by atoms with Crippen LogP contribution in [-0.2, 0) is 19.9 Å². The van der Waals surface area contributed by atoms with Gasteiger partial charge in [0.1, 0.15) is 11.3 Å². The average Bonchev–Trinajstić information content (AvgIpc) is 2.86. The van der Waals surface area contributed by atoms with Crippen molar-refractivity contribution >= 4 is 22.8 Å². The maximum absolute atomic E-state index is 5.96. The van der Waals surface area contributed by atoms with E-state index in [2.05, 4.69) is 23.5 Å². The molecule has 0 radical (unpaired) electrons. The quantitative estimate of drug-likeness (QED) is 0.792. The van der Waals surface area contributed by atoms with Gasteiger partial charge < -0.3 is 4.57 Å². The lowest BCUT2D eigenvalue weighted by molar-refractivity contribution is 0.215. The fourth-order valence-electron chi connectivity index (χ4n) is 3.37. The van der Waals surface area contributed by atoms with Crippen LogP contribution in [-0.4, -0.2) is 25.2 Å². The van der Waals surface area contributed by atoms with Gasteiger partial charge in [-0.3, -0.25) is 4.68 Å². The number of halogens is 1. The van der Waals surface area contributed by atoms with Gasteiger partial charge in [0, 0.05) is 25.4 Å². The van der Waals surface area contributed by atoms with Crippen LogP contribution in [0, 0.1) is 5.92 Å². The number of hydrogen-bond donors (Lipinski definition) is 0. The van der Waals surface area contributed by atoms with E-state index >= 15 is 0 Å². The fraction of sp³-hybridized carbons (Fsp3) is 0.733. The molecule has 0 N–H and O–H groups in total. The van der Waals surface area contributed by atoms with Gasteiger partial charge >= 0.3 is 0 Å². The zero-order chi connectivity index (χ0) is 14.3. The van der Waals surface area contributed by atoms with Gasteiger partial charge in [0.15, 0.2) is 5.65 Å². The Morgan fingerprint density at radius 3 is 2.65 bits per heavy atom. The highest BCUT2D eigenvalue weighted by Crippen LogP contribution is 2.40. The van der Waals surface area contributed by atoms with E-state index in [0.717, 1.165) is 42.2 Å². The molecule has 110 valence electrons. The molecule has 0 aliphatic heterocycles. The number of rotatable bonds is 5. The molecular formula is C15H23ClN4. The summed E-state index contributed by atoms with van der Waals surface area (Å²) in [5, 5.41) is 4.66. The molecule has 0 atom stereocenters. The summed E-state index contributed by atoms with van der Waals surface area (Å²) in [6.45, 7) is 4.50. The zero-order valence-corrected chi connectivity index (χ0v) is 13.3. The number of hydrogen-bond acceptors (Lipinski definition) is 2. The minimum absolute atomic E-state index is 0.582. The zero-order valence-electron chi connectivity index (χ0n) is 12.6. The lowest BCUT2D eigenvalue weighted by Gasteiger charge is -2.35. The Bertz CT molecular complexity index is 607. The Morgan fingerprint density at radius 1 is 1.30 bits per heavy atom. The van der Waals surface area contributed by atoms with Crippen molar-refractivity contribution < 1.29 is 0 Å². The molecule has 4 nitrogen and oxygen atoms in total. The highest BCUT2D eigenvalue weighted by molar-refractivity contribution is 6.17. The van der Waals surface area contributed by atoms with E-state index in [-0.39, 0.29) is 0 Å². The van der Waals surface area contributed by atoms with Gasteiger partial charge in [-0.1, -0.05) is 20.3 Å². The summed E-state index contributed by atoms with van der Waals surface area (Å²) in [5.41, 5.74) is 3.41. The second-order valence-corrected chi connectivity index (χ2v) is 6.44. The van der Waals surface area contributed by atoms with Gasteiger partial charge in [0.25, 0.3) is 0 Å². The topological polar surface area (TPSA) is 35.6 Å². The molecule has 1 aliphatic rings. The number of fused-ring (bicyclic) bond motifs is 1. The summed E-state index contributed by atoms with van der Waals surface area (Å²) in [4.78, 5) is 4.86. The minimum atomic E-state index is 0.582. The standard InChI is InChI=1S/C15H23ClN4/c1-4-5-12-14-15(19(3)18-12)20(11-8-10(2)9-11)13(17-14)6-7-16/h10-11H,4-9H2,1-3H3. The summed E-state index contributed by atoms with van der Waals surface area (Å²) in [6, 6.07) is 0.582. The van der Waals surface area contributed by atoms with E-state index in [1.54, 1.807) is 0 Å². The van der Waals surface area contributed by atoms with Crippen molar-refractivity contribution in [2.45, 2.75) is 52.0 Å². The van der Waals surface area contributed by atoms with Gasteiger partial charge in [-0.05, 0) is 25.2 Å². The molecule has 2 aromatic rings. The van der Waals surface area contributed by atoms with E-state index in [4.69, 9.17) is 16.6 Å². The second kappa shape index (κ2) is 5.40. The smallest absolute Gasteiger partial charge is 0.158 e. The van der Waals surface area contributed by atoms with Crippen LogP contribution in [0.25, 0.3) is 11.2 Å². The van der Waals surface area contributed by atoms with Crippen molar-refractivity contribution in [3.8, 4) is 0 Å². The summed E-state index contributed by atoms with van der Waals surface area (Å²) >= 11 is 5.96. The van der Waals surface area contributed by atoms with Crippen LogP contribution in [0.4, 0.5) is 0 Å². The first kappa shape index (κ1) is 13.9. The molecule has 5 heteroatoms. The van der Waals surface area contributed by atoms with Gasteiger partial charge in [-0.2, -0.15) is 5.10 Å². The summed E-state index contributed by atoms with van der Waals surface area (Å²) in [5.74, 6) is 2.59. The molecular weight excluding hydrogens is 272 g/mol. The third-order valence-electron chi connectivity index (χ3n) is 4.33. The number of alkyl halides is 1. The Balaban J connectivity index is 2.11. The van der Waals surface area contributed by atoms with Crippen LogP contribution < -0.4 is 0 Å². The first-order valence-corrected chi connectivity index (χ1v) is 8.17. The van der Waals surface area contributed by atoms with E-state index < -0.39 is 0 Å². The molecule has 0 amide bonds. The number of aromatic nitrogens is 4. The SMILES string of the molecule is CCCc1nn(C)c2c1nc(CCCl)n2C1CC(C)C1. The molecule has 0 spiro atoms. The number of nitrogens with zero attached hydrogens (tertiary/aromatic N) is 4. The predicted octanol–water partition coefficient (Wildman–Crippen LogP) is 3.47. The van der Waals surface area contributed by atoms with Crippen molar-refractivity contribution in [1.29, 1.82) is 0 Å². The molecule has 2 aromatic heterocycles. The largest absolute Gasteiger partial charge is 0.310 e. The van der Waals surface area contributed by atoms with Gasteiger partial charge in [-0.25, -0.2) is 4.98 Å². The van der Waals surface area contributed by atoms with E-state index in [9.17, 15) is 0 Å². The maximum Gasteiger partial charge on any atom is 0.158 e. The molecule has 2 heterocycles. The van der Waals surface area contributed by atoms with E-state index in [1.807, 2.05) is 11.7 Å². The van der Waals surface area contributed by atoms with Crippen molar-refractivity contribution in [2.24, 2.45) is 13.0 Å². The van der Waals surface area contributed by atoms with Gasteiger partial charge in [0.05, 0.1) is 5.69 Å². The third kappa shape index (κ3) is 2.14. The first-order valence-electron chi connectivity index (χ1n) is 7.64. The van der Waals surface area contributed by atoms with Gasteiger partial charge in [0.2, 0.25) is 0 Å². The lowest BCUT2D eigenvalue weighted by Crippen LogP contribution is -2.27. The lowest BCUT2D eigenvalue weighted by atomic mass is 9.81. The second-order valence-electron chi connectivity index (χ2n) is 6.06. The number of aryl methyl sites for hydroxylation is 3. The molecule has 1 saturated carbocycles. The van der Waals surface area contributed by atoms with E-state index in [0.29, 0.717) is 11.9 Å². The molecule has 1 aliphatic carbocycles. The maximum atomic E-state index is 5.96. The third-order valence-corrected chi connectivity index (χ3v) is 4.52. The van der Waals surface area contributed by atoms with Gasteiger partial charge in [-0.15, -0.1) is 11.6 Å². The monoisotopic (exact) mass is 294 g/mol. The summed E-state index contributed by atoms with van der Waals surface area (Å²) in [6.07, 6.45) is 5.43. The molecule has 0 bridgehead atoms. The van der Waals surface area contributed by atoms with Crippen molar-refractivity contribution in [3.05, 3.63) is 11.5 Å². The Morgan fingerprint density at radius 2 is 2.05 bits per heavy atom. The van der Waals surface area contributed by atoms with Crippen LogP contribution in [0.2, 0.25) is 0 Å². The molecule has 20 heavy (non-hydrogen) atoms. The van der Waals surface area contributed by atoms with Crippen LogP contribution >= 0.6 is 11.6 Å². The normalized spacial score (nSPS) is 22.4. The van der Waals surface area contributed by atoms with Crippen LogP contribution in [0.1, 0.15) is 50.7 Å². The Hall–Kier alpha value is -1.03. The fourth-order valence-corrected chi connectivity index (χ4v) is 3.54. The number of imidazole rings is 1. The first-order chi connectivity index (χ1) is 9.65. The highest BCUT2D eigenvalue weighted by Gasteiger charge is 2.31. The summed E-state index contributed by atoms with van der Waals surface area (Å²) in [7, 11) is 2.03. The van der Waals surface area contributed by atoms with Crippen LogP contribution in [0.3, 0.4) is 0 Å². The molecule has 0 unspecified atom stereocenters. The Kier molecular flexibility index (Phi) is 3.76. The molecule has 0 aromatic carbocycles. The van der Waals surface area contributed by atoms with Crippen molar-refractivity contribution in [3.63, 3.8) is 0 Å². The van der Waals surface area contributed by atoms with Crippen LogP contribution in [0.15, 0.2) is 0 Å². The molecule has 1 fully saturated rings. The van der Waals surface area contributed by atoms with Crippen molar-refractivity contribution in [2.75, 3.05) is 5.88 Å².